The lowest BCUT2D eigenvalue weighted by atomic mass is 9.98. The molecule has 1 saturated carbocycles. The highest BCUT2D eigenvalue weighted by Crippen LogP contribution is 2.36. The monoisotopic (exact) mass is 258 g/mol. The number of rotatable bonds is 4. The van der Waals surface area contributed by atoms with E-state index in [4.69, 9.17) is 0 Å². The summed E-state index contributed by atoms with van der Waals surface area (Å²) in [5.41, 5.74) is 1.46. The predicted octanol–water partition coefficient (Wildman–Crippen LogP) is 3.07. The Balaban J connectivity index is 1.74. The molecule has 0 amide bonds. The molecule has 19 heavy (non-hydrogen) atoms. The average molecular weight is 258 g/mol. The third-order valence-electron chi connectivity index (χ3n) is 4.42. The Kier molecular flexibility index (Phi) is 3.90. The standard InChI is InChI=1S/C17H26N2/c1-13(2)11-19-12-16(14-8-9-14)18-10-17(19)15-6-4-3-5-7-15/h3-7,13-14,16-18H,8-12H2,1-2H3. The molecule has 1 aliphatic carbocycles. The first-order valence-electron chi connectivity index (χ1n) is 7.76. The van der Waals surface area contributed by atoms with Gasteiger partial charge >= 0.3 is 0 Å². The van der Waals surface area contributed by atoms with Crippen molar-refractivity contribution in [2.24, 2.45) is 11.8 Å². The Morgan fingerprint density at radius 3 is 2.58 bits per heavy atom. The molecule has 2 unspecified atom stereocenters. The van der Waals surface area contributed by atoms with Crippen LogP contribution in [-0.2, 0) is 0 Å². The third-order valence-corrected chi connectivity index (χ3v) is 4.42. The zero-order valence-electron chi connectivity index (χ0n) is 12.2. The normalized spacial score (nSPS) is 28.8. The molecule has 1 N–H and O–H groups in total. The van der Waals surface area contributed by atoms with Gasteiger partial charge in [-0.05, 0) is 30.2 Å². The summed E-state index contributed by atoms with van der Waals surface area (Å²) >= 11 is 0. The number of hydrogen-bond acceptors (Lipinski definition) is 2. The van der Waals surface area contributed by atoms with Gasteiger partial charge in [0.15, 0.2) is 0 Å². The van der Waals surface area contributed by atoms with E-state index in [0.717, 1.165) is 24.4 Å². The van der Waals surface area contributed by atoms with Crippen molar-refractivity contribution in [1.82, 2.24) is 10.2 Å². The highest BCUT2D eigenvalue weighted by molar-refractivity contribution is 5.20. The molecule has 2 atom stereocenters. The Hall–Kier alpha value is -0.860. The van der Waals surface area contributed by atoms with E-state index >= 15 is 0 Å². The van der Waals surface area contributed by atoms with Gasteiger partial charge in [0.2, 0.25) is 0 Å². The number of nitrogens with zero attached hydrogens (tertiary/aromatic N) is 1. The molecule has 1 saturated heterocycles. The van der Waals surface area contributed by atoms with Crippen LogP contribution in [0.4, 0.5) is 0 Å². The maximum atomic E-state index is 3.79. The third kappa shape index (κ3) is 3.18. The van der Waals surface area contributed by atoms with Crippen molar-refractivity contribution in [2.45, 2.75) is 38.8 Å². The molecule has 0 bridgehead atoms. The van der Waals surface area contributed by atoms with Crippen LogP contribution in [0.1, 0.15) is 38.3 Å². The minimum atomic E-state index is 0.554. The van der Waals surface area contributed by atoms with Crippen LogP contribution < -0.4 is 5.32 Å². The molecule has 2 fully saturated rings. The minimum Gasteiger partial charge on any atom is -0.311 e. The van der Waals surface area contributed by atoms with Gasteiger partial charge in [-0.25, -0.2) is 0 Å². The van der Waals surface area contributed by atoms with Crippen LogP contribution in [0.5, 0.6) is 0 Å². The molecule has 0 spiro atoms. The molecule has 1 aromatic carbocycles. The van der Waals surface area contributed by atoms with Crippen molar-refractivity contribution in [1.29, 1.82) is 0 Å². The Labute approximate surface area is 117 Å². The maximum absolute atomic E-state index is 3.79. The van der Waals surface area contributed by atoms with Crippen molar-refractivity contribution in [2.75, 3.05) is 19.6 Å². The fourth-order valence-electron chi connectivity index (χ4n) is 3.33. The van der Waals surface area contributed by atoms with E-state index in [1.807, 2.05) is 0 Å². The fraction of sp³-hybridized carbons (Fsp3) is 0.647. The quantitative estimate of drug-likeness (QED) is 0.893. The summed E-state index contributed by atoms with van der Waals surface area (Å²) < 4.78 is 0. The van der Waals surface area contributed by atoms with Crippen molar-refractivity contribution in [3.8, 4) is 0 Å². The Bertz CT molecular complexity index is 397. The lowest BCUT2D eigenvalue weighted by Gasteiger charge is -2.41. The SMILES string of the molecule is CC(C)CN1CC(C2CC2)NCC1c1ccccc1. The van der Waals surface area contributed by atoms with Crippen molar-refractivity contribution in [3.63, 3.8) is 0 Å². The molecule has 2 aliphatic rings. The molecular weight excluding hydrogens is 232 g/mol. The summed E-state index contributed by atoms with van der Waals surface area (Å²) in [7, 11) is 0. The van der Waals surface area contributed by atoms with E-state index in [1.54, 1.807) is 0 Å². The molecule has 2 heteroatoms. The molecular formula is C17H26N2. The van der Waals surface area contributed by atoms with E-state index in [-0.39, 0.29) is 0 Å². The largest absolute Gasteiger partial charge is 0.311 e. The smallest absolute Gasteiger partial charge is 0.0473 e. The van der Waals surface area contributed by atoms with Crippen LogP contribution in [0.25, 0.3) is 0 Å². The van der Waals surface area contributed by atoms with Gasteiger partial charge in [0.05, 0.1) is 0 Å². The van der Waals surface area contributed by atoms with Crippen LogP contribution in [-0.4, -0.2) is 30.6 Å². The van der Waals surface area contributed by atoms with Gasteiger partial charge in [-0.1, -0.05) is 44.2 Å². The van der Waals surface area contributed by atoms with Crippen molar-refractivity contribution < 1.29 is 0 Å². The molecule has 0 aromatic heterocycles. The van der Waals surface area contributed by atoms with Gasteiger partial charge in [-0.15, -0.1) is 0 Å². The van der Waals surface area contributed by atoms with E-state index < -0.39 is 0 Å². The van der Waals surface area contributed by atoms with Gasteiger partial charge in [0.1, 0.15) is 0 Å². The lowest BCUT2D eigenvalue weighted by Crippen LogP contribution is -2.53. The first kappa shape index (κ1) is 13.1. The summed E-state index contributed by atoms with van der Waals surface area (Å²) in [6.07, 6.45) is 2.87. The van der Waals surface area contributed by atoms with Crippen molar-refractivity contribution in [3.05, 3.63) is 35.9 Å². The van der Waals surface area contributed by atoms with E-state index in [9.17, 15) is 0 Å². The average Bonchev–Trinajstić information content (AvgIpc) is 3.23. The molecule has 2 nitrogen and oxygen atoms in total. The molecule has 3 rings (SSSR count). The Morgan fingerprint density at radius 1 is 1.21 bits per heavy atom. The summed E-state index contributed by atoms with van der Waals surface area (Å²) in [5.74, 6) is 1.69. The molecule has 104 valence electrons. The first-order valence-corrected chi connectivity index (χ1v) is 7.76. The zero-order valence-corrected chi connectivity index (χ0v) is 12.2. The van der Waals surface area contributed by atoms with Crippen molar-refractivity contribution >= 4 is 0 Å². The number of nitrogens with one attached hydrogen (secondary N) is 1. The second-order valence-electron chi connectivity index (χ2n) is 6.63. The molecule has 0 radical (unpaired) electrons. The second kappa shape index (κ2) is 5.64. The lowest BCUT2D eigenvalue weighted by molar-refractivity contribution is 0.109. The molecule has 1 aromatic rings. The van der Waals surface area contributed by atoms with E-state index in [0.29, 0.717) is 6.04 Å². The van der Waals surface area contributed by atoms with Gasteiger partial charge < -0.3 is 5.32 Å². The zero-order chi connectivity index (χ0) is 13.2. The van der Waals surface area contributed by atoms with Crippen LogP contribution in [0.3, 0.4) is 0 Å². The molecule has 1 heterocycles. The summed E-state index contributed by atoms with van der Waals surface area (Å²) in [5, 5.41) is 3.79. The number of hydrogen-bond donors (Lipinski definition) is 1. The van der Waals surface area contributed by atoms with Gasteiger partial charge in [0, 0.05) is 31.7 Å². The summed E-state index contributed by atoms with van der Waals surface area (Å²) in [6, 6.07) is 12.3. The van der Waals surface area contributed by atoms with Crippen LogP contribution in [0.15, 0.2) is 30.3 Å². The Morgan fingerprint density at radius 2 is 1.95 bits per heavy atom. The van der Waals surface area contributed by atoms with Gasteiger partial charge in [-0.3, -0.25) is 4.90 Å². The predicted molar refractivity (Wildman–Crippen MR) is 80.1 cm³/mol. The highest BCUT2D eigenvalue weighted by atomic mass is 15.2. The minimum absolute atomic E-state index is 0.554. The van der Waals surface area contributed by atoms with E-state index in [2.05, 4.69) is 54.4 Å². The molecule has 1 aliphatic heterocycles. The number of piperazine rings is 1. The summed E-state index contributed by atoms with van der Waals surface area (Å²) in [4.78, 5) is 2.71. The van der Waals surface area contributed by atoms with Gasteiger partial charge in [0.25, 0.3) is 0 Å². The van der Waals surface area contributed by atoms with Crippen LogP contribution in [0.2, 0.25) is 0 Å². The summed E-state index contributed by atoms with van der Waals surface area (Å²) in [6.45, 7) is 8.21. The highest BCUT2D eigenvalue weighted by Gasteiger charge is 2.37. The fourth-order valence-corrected chi connectivity index (χ4v) is 3.33. The van der Waals surface area contributed by atoms with Gasteiger partial charge in [-0.2, -0.15) is 0 Å². The maximum Gasteiger partial charge on any atom is 0.0473 e. The number of benzene rings is 1. The van der Waals surface area contributed by atoms with Crippen LogP contribution in [0, 0.1) is 11.8 Å². The topological polar surface area (TPSA) is 15.3 Å². The van der Waals surface area contributed by atoms with E-state index in [1.165, 1.54) is 31.5 Å². The first-order chi connectivity index (χ1) is 9.24. The van der Waals surface area contributed by atoms with Crippen LogP contribution >= 0.6 is 0 Å². The second-order valence-corrected chi connectivity index (χ2v) is 6.63.